The molecule has 1 N–H and O–H groups in total. The van der Waals surface area contributed by atoms with Gasteiger partial charge in [0.15, 0.2) is 0 Å². The van der Waals surface area contributed by atoms with Crippen LogP contribution in [0.1, 0.15) is 0 Å². The quantitative estimate of drug-likeness (QED) is 0.472. The van der Waals surface area contributed by atoms with Crippen molar-refractivity contribution in [3.8, 4) is 16.9 Å². The third-order valence-corrected chi connectivity index (χ3v) is 3.97. The Bertz CT molecular complexity index is 955. The first-order chi connectivity index (χ1) is 10.3. The molecule has 4 rings (SSSR count). The molecule has 22 heavy (non-hydrogen) atoms. The van der Waals surface area contributed by atoms with Crippen LogP contribution in [0.4, 0.5) is 0 Å². The minimum atomic E-state index is 0. The van der Waals surface area contributed by atoms with Gasteiger partial charge in [0.2, 0.25) is 0 Å². The van der Waals surface area contributed by atoms with E-state index in [2.05, 4.69) is 36.4 Å². The van der Waals surface area contributed by atoms with E-state index >= 15 is 0 Å². The lowest BCUT2D eigenvalue weighted by Crippen LogP contribution is -1.85. The van der Waals surface area contributed by atoms with Crippen molar-refractivity contribution >= 4 is 34.0 Å². The van der Waals surface area contributed by atoms with E-state index in [9.17, 15) is 5.11 Å². The summed E-state index contributed by atoms with van der Waals surface area (Å²) in [7, 11) is 0. The highest BCUT2D eigenvalue weighted by Gasteiger charge is 2.11. The Morgan fingerprint density at radius 3 is 1.91 bits per heavy atom. The van der Waals surface area contributed by atoms with Crippen LogP contribution < -0.4 is 0 Å². The molecule has 1 nitrogen and oxygen atoms in total. The van der Waals surface area contributed by atoms with E-state index in [1.54, 1.807) is 6.07 Å². The molecule has 0 saturated carbocycles. The molecule has 0 bridgehead atoms. The summed E-state index contributed by atoms with van der Waals surface area (Å²) in [5.41, 5.74) is 1.98. The van der Waals surface area contributed by atoms with Gasteiger partial charge in [0, 0.05) is 5.56 Å². The molecule has 4 aromatic rings. The summed E-state index contributed by atoms with van der Waals surface area (Å²) in [4.78, 5) is 0. The van der Waals surface area contributed by atoms with Gasteiger partial charge in [-0.25, -0.2) is 0 Å². The van der Waals surface area contributed by atoms with E-state index in [0.717, 1.165) is 27.3 Å². The van der Waals surface area contributed by atoms with E-state index < -0.39 is 0 Å². The molecule has 0 aromatic heterocycles. The van der Waals surface area contributed by atoms with Crippen LogP contribution in [-0.2, 0) is 0 Å². The molecule has 0 radical (unpaired) electrons. The van der Waals surface area contributed by atoms with Crippen molar-refractivity contribution in [3.05, 3.63) is 78.9 Å². The van der Waals surface area contributed by atoms with Gasteiger partial charge in [-0.05, 0) is 33.2 Å². The maximum Gasteiger partial charge on any atom is 0.124 e. The summed E-state index contributed by atoms with van der Waals surface area (Å²) in [6.07, 6.45) is 0. The van der Waals surface area contributed by atoms with Gasteiger partial charge in [0.1, 0.15) is 5.75 Å². The van der Waals surface area contributed by atoms with Gasteiger partial charge in [0.25, 0.3) is 0 Å². The summed E-state index contributed by atoms with van der Waals surface area (Å²) >= 11 is 0. The second kappa shape index (κ2) is 5.70. The summed E-state index contributed by atoms with van der Waals surface area (Å²) in [6, 6.07) is 26.4. The monoisotopic (exact) mass is 306 g/mol. The first-order valence-corrected chi connectivity index (χ1v) is 7.03. The third-order valence-electron chi connectivity index (χ3n) is 3.97. The Morgan fingerprint density at radius 1 is 0.545 bits per heavy atom. The smallest absolute Gasteiger partial charge is 0.124 e. The van der Waals surface area contributed by atoms with E-state index in [1.165, 1.54) is 5.39 Å². The Labute approximate surface area is 135 Å². The molecular formula is C20H15ClO. The number of phenolic OH excluding ortho intramolecular Hbond substituents is 1. The van der Waals surface area contributed by atoms with Crippen LogP contribution in [0.25, 0.3) is 32.7 Å². The largest absolute Gasteiger partial charge is 0.507 e. The number of hydrogen-bond donors (Lipinski definition) is 1. The zero-order valence-electron chi connectivity index (χ0n) is 11.9. The van der Waals surface area contributed by atoms with Crippen molar-refractivity contribution in [2.24, 2.45) is 0 Å². The van der Waals surface area contributed by atoms with Crippen LogP contribution in [-0.4, -0.2) is 5.11 Å². The maximum absolute atomic E-state index is 10.4. The fourth-order valence-corrected chi connectivity index (χ4v) is 2.99. The van der Waals surface area contributed by atoms with Crippen LogP contribution in [0.2, 0.25) is 0 Å². The summed E-state index contributed by atoms with van der Waals surface area (Å²) in [6.45, 7) is 0. The molecule has 0 fully saturated rings. The highest BCUT2D eigenvalue weighted by Crippen LogP contribution is 2.39. The average Bonchev–Trinajstić information content (AvgIpc) is 2.54. The van der Waals surface area contributed by atoms with Gasteiger partial charge in [0.05, 0.1) is 0 Å². The predicted molar refractivity (Wildman–Crippen MR) is 95.8 cm³/mol. The Balaban J connectivity index is 0.00000144. The predicted octanol–water partition coefficient (Wildman–Crippen LogP) is 5.79. The Hall–Kier alpha value is -2.51. The van der Waals surface area contributed by atoms with Gasteiger partial charge in [-0.3, -0.25) is 0 Å². The number of phenols is 1. The van der Waals surface area contributed by atoms with E-state index in [4.69, 9.17) is 0 Å². The van der Waals surface area contributed by atoms with Gasteiger partial charge in [-0.15, -0.1) is 12.4 Å². The van der Waals surface area contributed by atoms with Crippen molar-refractivity contribution in [2.45, 2.75) is 0 Å². The molecule has 0 atom stereocenters. The van der Waals surface area contributed by atoms with Crippen LogP contribution in [0.3, 0.4) is 0 Å². The van der Waals surface area contributed by atoms with Crippen LogP contribution in [0, 0.1) is 0 Å². The van der Waals surface area contributed by atoms with Crippen molar-refractivity contribution < 1.29 is 5.11 Å². The average molecular weight is 307 g/mol. The van der Waals surface area contributed by atoms with E-state index in [1.807, 2.05) is 36.4 Å². The second-order valence-corrected chi connectivity index (χ2v) is 5.21. The molecule has 0 unspecified atom stereocenters. The third kappa shape index (κ3) is 2.20. The summed E-state index contributed by atoms with van der Waals surface area (Å²) < 4.78 is 0. The topological polar surface area (TPSA) is 20.2 Å². The highest BCUT2D eigenvalue weighted by atomic mass is 35.5. The van der Waals surface area contributed by atoms with Gasteiger partial charge >= 0.3 is 0 Å². The van der Waals surface area contributed by atoms with Crippen LogP contribution in [0.15, 0.2) is 78.9 Å². The maximum atomic E-state index is 10.4. The molecule has 0 aliphatic rings. The molecule has 2 heteroatoms. The molecule has 4 aromatic carbocycles. The zero-order chi connectivity index (χ0) is 14.2. The van der Waals surface area contributed by atoms with Crippen molar-refractivity contribution in [3.63, 3.8) is 0 Å². The van der Waals surface area contributed by atoms with Crippen LogP contribution in [0.5, 0.6) is 5.75 Å². The number of hydrogen-bond acceptors (Lipinski definition) is 1. The number of fused-ring (bicyclic) bond motifs is 2. The number of rotatable bonds is 1. The number of benzene rings is 4. The number of aromatic hydroxyl groups is 1. The minimum absolute atomic E-state index is 0. The zero-order valence-corrected chi connectivity index (χ0v) is 12.7. The van der Waals surface area contributed by atoms with Gasteiger partial charge in [-0.2, -0.15) is 0 Å². The molecule has 0 aliphatic heterocycles. The van der Waals surface area contributed by atoms with Gasteiger partial charge in [-0.1, -0.05) is 72.8 Å². The summed E-state index contributed by atoms with van der Waals surface area (Å²) in [5, 5.41) is 15.0. The van der Waals surface area contributed by atoms with E-state index in [-0.39, 0.29) is 12.4 Å². The molecule has 0 heterocycles. The fourth-order valence-electron chi connectivity index (χ4n) is 2.99. The fraction of sp³-hybridized carbons (Fsp3) is 0. The lowest BCUT2D eigenvalue weighted by atomic mass is 9.93. The first-order valence-electron chi connectivity index (χ1n) is 7.03. The van der Waals surface area contributed by atoms with Crippen molar-refractivity contribution in [2.75, 3.05) is 0 Å². The van der Waals surface area contributed by atoms with Crippen LogP contribution >= 0.6 is 12.4 Å². The Kier molecular flexibility index (Phi) is 3.74. The van der Waals surface area contributed by atoms with Gasteiger partial charge < -0.3 is 5.11 Å². The molecule has 0 aliphatic carbocycles. The molecule has 0 spiro atoms. The minimum Gasteiger partial charge on any atom is -0.507 e. The molecule has 0 amide bonds. The highest BCUT2D eigenvalue weighted by molar-refractivity contribution is 6.07. The SMILES string of the molecule is Cl.Oc1ccc2ccccc2c1-c1cccc2ccccc12. The van der Waals surface area contributed by atoms with Crippen molar-refractivity contribution in [1.82, 2.24) is 0 Å². The summed E-state index contributed by atoms with van der Waals surface area (Å²) in [5.74, 6) is 0.324. The normalized spacial score (nSPS) is 10.5. The second-order valence-electron chi connectivity index (χ2n) is 5.21. The molecule has 0 saturated heterocycles. The first kappa shape index (κ1) is 14.4. The standard InChI is InChI=1S/C20H14O.ClH/c21-19-13-12-15-7-2-4-10-17(15)20(19)18-11-5-8-14-6-1-3-9-16(14)18;/h1-13,21H;1H. The lowest BCUT2D eigenvalue weighted by molar-refractivity contribution is 0.478. The lowest BCUT2D eigenvalue weighted by Gasteiger charge is -2.12. The molecular weight excluding hydrogens is 292 g/mol. The Morgan fingerprint density at radius 2 is 1.14 bits per heavy atom. The van der Waals surface area contributed by atoms with E-state index in [0.29, 0.717) is 5.75 Å². The molecule has 108 valence electrons. The number of halogens is 1. The van der Waals surface area contributed by atoms with Crippen molar-refractivity contribution in [1.29, 1.82) is 0 Å².